The predicted molar refractivity (Wildman–Crippen MR) is 201 cm³/mol. The first-order valence-electron chi connectivity index (χ1n) is 19.1. The number of carbonyl (C=O) groups is 3. The van der Waals surface area contributed by atoms with E-state index < -0.39 is 71.7 Å². The number of hydrogen-bond donors (Lipinski definition) is 3. The van der Waals surface area contributed by atoms with Crippen molar-refractivity contribution in [1.29, 1.82) is 0 Å². The van der Waals surface area contributed by atoms with Crippen molar-refractivity contribution in [2.24, 2.45) is 17.8 Å². The lowest BCUT2D eigenvalue weighted by Gasteiger charge is -2.46. The molecular weight excluding hydrogens is 680 g/mol. The molecule has 0 aromatic heterocycles. The van der Waals surface area contributed by atoms with Crippen molar-refractivity contribution < 1.29 is 43.2 Å². The molecular formula is C40H64N4O9. The smallest absolute Gasteiger partial charge is 0.425 e. The van der Waals surface area contributed by atoms with Gasteiger partial charge in [-0.05, 0) is 85.5 Å². The number of para-hydroxylation sites is 1. The summed E-state index contributed by atoms with van der Waals surface area (Å²) in [5.74, 6) is -2.44. The number of rotatable bonds is 10. The number of methoxy groups -OCH3 is 1. The number of ether oxygens (including phenoxy) is 5. The third-order valence-corrected chi connectivity index (χ3v) is 11.6. The number of amides is 1. The molecule has 2 fully saturated rings. The van der Waals surface area contributed by atoms with E-state index in [4.69, 9.17) is 29.4 Å². The average molecular weight is 745 g/mol. The molecule has 0 aliphatic carbocycles. The molecule has 2 saturated heterocycles. The number of hydrazine groups is 1. The summed E-state index contributed by atoms with van der Waals surface area (Å²) in [6.07, 6.45) is -0.0527. The Morgan fingerprint density at radius 3 is 2.42 bits per heavy atom. The second-order valence-electron chi connectivity index (χ2n) is 16.0. The van der Waals surface area contributed by atoms with Gasteiger partial charge in [-0.25, -0.2) is 20.0 Å². The molecule has 3 heterocycles. The fraction of sp³-hybridized carbons (Fsp3) is 0.725. The first-order valence-corrected chi connectivity index (χ1v) is 19.1. The number of fused-ring (bicyclic) bond motifs is 1. The minimum absolute atomic E-state index is 0.113. The van der Waals surface area contributed by atoms with Gasteiger partial charge in [-0.15, -0.1) is 0 Å². The summed E-state index contributed by atoms with van der Waals surface area (Å²) in [5.41, 5.74) is 9.01. The summed E-state index contributed by atoms with van der Waals surface area (Å²) in [5, 5.41) is 12.8. The summed E-state index contributed by atoms with van der Waals surface area (Å²) >= 11 is 0. The highest BCUT2D eigenvalue weighted by atomic mass is 16.7. The Labute approximate surface area is 315 Å². The summed E-state index contributed by atoms with van der Waals surface area (Å²) in [6, 6.07) is 6.64. The van der Waals surface area contributed by atoms with Crippen molar-refractivity contribution in [2.45, 2.75) is 141 Å². The van der Waals surface area contributed by atoms with Crippen molar-refractivity contribution in [2.75, 3.05) is 33.5 Å². The number of ketones is 1. The number of aryl methyl sites for hydroxylation is 1. The van der Waals surface area contributed by atoms with E-state index in [0.717, 1.165) is 5.56 Å². The summed E-state index contributed by atoms with van der Waals surface area (Å²) in [7, 11) is 5.39. The quantitative estimate of drug-likeness (QED) is 0.173. The number of carbonyl (C=O) groups excluding carboxylic acids is 3. The van der Waals surface area contributed by atoms with Crippen LogP contribution in [-0.4, -0.2) is 115 Å². The Balaban J connectivity index is 1.70. The molecule has 12 atom stereocenters. The Morgan fingerprint density at radius 2 is 1.79 bits per heavy atom. The molecule has 0 radical (unpaired) electrons. The molecule has 13 heteroatoms. The minimum atomic E-state index is -1.35. The van der Waals surface area contributed by atoms with Crippen LogP contribution >= 0.6 is 0 Å². The Bertz CT molecular complexity index is 1470. The van der Waals surface area contributed by atoms with E-state index in [1.54, 1.807) is 34.0 Å². The maximum atomic E-state index is 14.6. The zero-order valence-corrected chi connectivity index (χ0v) is 33.6. The van der Waals surface area contributed by atoms with Gasteiger partial charge in [-0.3, -0.25) is 4.79 Å². The van der Waals surface area contributed by atoms with Crippen LogP contribution in [0.1, 0.15) is 86.6 Å². The number of benzene rings is 1. The predicted octanol–water partition coefficient (Wildman–Crippen LogP) is 4.65. The number of aliphatic hydroxyl groups is 1. The molecule has 0 bridgehead atoms. The number of nitrogens with one attached hydrogen (secondary N) is 1. The molecule has 0 spiro atoms. The number of nitrogens with two attached hydrogens (primary N) is 1. The maximum Gasteiger partial charge on any atom is 0.425 e. The largest absolute Gasteiger partial charge is 0.455 e. The van der Waals surface area contributed by atoms with Crippen molar-refractivity contribution in [1.82, 2.24) is 15.3 Å². The molecule has 1 aromatic rings. The number of cyclic esters (lactones) is 1. The molecule has 3 aliphatic heterocycles. The lowest BCUT2D eigenvalue weighted by Crippen LogP contribution is -2.60. The Morgan fingerprint density at radius 1 is 1.11 bits per heavy atom. The van der Waals surface area contributed by atoms with Gasteiger partial charge in [0.15, 0.2) is 11.9 Å². The average Bonchev–Trinajstić information content (AvgIpc) is 3.37. The molecule has 0 saturated carbocycles. The summed E-state index contributed by atoms with van der Waals surface area (Å²) < 4.78 is 31.3. The van der Waals surface area contributed by atoms with E-state index in [2.05, 4.69) is 5.43 Å². The monoisotopic (exact) mass is 744 g/mol. The number of nitrogens with zero attached hydrogens (tertiary/aromatic N) is 2. The van der Waals surface area contributed by atoms with Crippen LogP contribution in [-0.2, 0) is 39.7 Å². The van der Waals surface area contributed by atoms with E-state index in [-0.39, 0.29) is 24.3 Å². The van der Waals surface area contributed by atoms with E-state index in [0.29, 0.717) is 43.5 Å². The van der Waals surface area contributed by atoms with Gasteiger partial charge in [0.2, 0.25) is 0 Å². The van der Waals surface area contributed by atoms with Gasteiger partial charge < -0.3 is 39.4 Å². The van der Waals surface area contributed by atoms with Crippen LogP contribution in [0.25, 0.3) is 0 Å². The van der Waals surface area contributed by atoms with E-state index in [1.165, 1.54) is 5.01 Å². The molecule has 298 valence electrons. The zero-order chi connectivity index (χ0) is 39.4. The van der Waals surface area contributed by atoms with Gasteiger partial charge in [0, 0.05) is 48.7 Å². The van der Waals surface area contributed by atoms with Gasteiger partial charge in [-0.1, -0.05) is 52.0 Å². The number of anilines is 1. The number of nitrogen functional groups attached to an aromatic ring is 1. The standard InChI is InChI=1S/C40H64N4O9/c1-12-31-40(8)34(44(38(48)53-40)42-19-15-17-28-16-13-14-18-29(28)41)27(6)32(45)25(4)22-39(7,49-11)35(23(2)20-24(3)36(47)51-31)52-37-33(46)30(43(9)10)21-26(5)50-37/h13-14,16,18,20,23,25-27,30-31,33-35,37,42,46H,12,15,17,19,21-22,41H2,1-11H3/b24-20+/t23-,25+,26+,27-,30-,31+,33+,34+,35+,37-,39+,40+/m0/s1. The SMILES string of the molecule is CC[C@H]1OC(=O)/C(C)=C/[C@H](C)[C@@H](O[C@@H]2O[C@H](C)C[C@H](N(C)C)[C@H]2O)[C@](C)(OC)C[C@@H](C)C(=O)[C@H](C)[C@H]2N(NCCCc3ccccc3N)C(=O)O[C@]12C. The van der Waals surface area contributed by atoms with Crippen LogP contribution in [0.4, 0.5) is 10.5 Å². The summed E-state index contributed by atoms with van der Waals surface area (Å²) in [4.78, 5) is 44.0. The molecule has 1 amide bonds. The second kappa shape index (κ2) is 17.6. The fourth-order valence-electron chi connectivity index (χ4n) is 8.68. The third-order valence-electron chi connectivity index (χ3n) is 11.6. The first-order chi connectivity index (χ1) is 24.9. The van der Waals surface area contributed by atoms with Crippen molar-refractivity contribution >= 4 is 23.5 Å². The summed E-state index contributed by atoms with van der Waals surface area (Å²) in [6.45, 7) is 15.1. The van der Waals surface area contributed by atoms with Crippen LogP contribution in [0.3, 0.4) is 0 Å². The maximum absolute atomic E-state index is 14.6. The molecule has 0 unspecified atom stereocenters. The van der Waals surface area contributed by atoms with Crippen LogP contribution in [0, 0.1) is 17.8 Å². The molecule has 1 aromatic carbocycles. The number of hydrogen-bond acceptors (Lipinski definition) is 12. The van der Waals surface area contributed by atoms with Gasteiger partial charge in [0.1, 0.15) is 24.0 Å². The van der Waals surface area contributed by atoms with Crippen LogP contribution in [0.2, 0.25) is 0 Å². The van der Waals surface area contributed by atoms with E-state index in [1.807, 2.05) is 77.9 Å². The first kappa shape index (κ1) is 42.7. The molecule has 3 aliphatic rings. The lowest BCUT2D eigenvalue weighted by atomic mass is 9.74. The van der Waals surface area contributed by atoms with E-state index in [9.17, 15) is 19.5 Å². The number of aliphatic hydroxyl groups excluding tert-OH is 1. The van der Waals surface area contributed by atoms with Gasteiger partial charge in [0.25, 0.3) is 0 Å². The van der Waals surface area contributed by atoms with Gasteiger partial charge >= 0.3 is 12.1 Å². The van der Waals surface area contributed by atoms with Crippen molar-refractivity contribution in [3.63, 3.8) is 0 Å². The molecule has 4 rings (SSSR count). The fourth-order valence-corrected chi connectivity index (χ4v) is 8.68. The highest BCUT2D eigenvalue weighted by molar-refractivity contribution is 5.88. The van der Waals surface area contributed by atoms with Crippen molar-refractivity contribution in [3.8, 4) is 0 Å². The number of likely N-dealkylation sites (N-methyl/N-ethyl adjacent to an activating group) is 1. The van der Waals surface area contributed by atoms with Crippen LogP contribution < -0.4 is 11.2 Å². The van der Waals surface area contributed by atoms with Crippen LogP contribution in [0.5, 0.6) is 0 Å². The Kier molecular flexibility index (Phi) is 14.2. The van der Waals surface area contributed by atoms with Crippen molar-refractivity contribution in [3.05, 3.63) is 41.5 Å². The lowest BCUT2D eigenvalue weighted by molar-refractivity contribution is -0.294. The highest BCUT2D eigenvalue weighted by Crippen LogP contribution is 2.42. The third kappa shape index (κ3) is 9.25. The molecule has 13 nitrogen and oxygen atoms in total. The minimum Gasteiger partial charge on any atom is -0.455 e. The zero-order valence-electron chi connectivity index (χ0n) is 33.6. The van der Waals surface area contributed by atoms with Gasteiger partial charge in [0.05, 0.1) is 17.8 Å². The topological polar surface area (TPSA) is 162 Å². The normalized spacial score (nSPS) is 38.5. The Hall–Kier alpha value is -3.07. The van der Waals surface area contributed by atoms with Crippen LogP contribution in [0.15, 0.2) is 35.9 Å². The highest BCUT2D eigenvalue weighted by Gasteiger charge is 2.60. The number of Topliss-reactive ketones (excluding diaryl/α,β-unsaturated/α-hetero) is 1. The second-order valence-corrected chi connectivity index (χ2v) is 16.0. The van der Waals surface area contributed by atoms with Gasteiger partial charge in [-0.2, -0.15) is 0 Å². The van der Waals surface area contributed by atoms with E-state index >= 15 is 0 Å². The number of esters is 1. The molecule has 53 heavy (non-hydrogen) atoms. The molecule has 4 N–H and O–H groups in total.